The standard InChI is InChI=1S/C29H52/c1-2-4-6-8-10-12-14-16-18-20-22-24-26-28-29-27-25-23-21-19-17-15-13-11-9-7-5-3-1/h1-6H,7-29H2/b2-1-,5-3-,6-4?. The Morgan fingerprint density at radius 1 is 0.207 bits per heavy atom. The molecule has 0 amide bonds. The molecule has 0 aliphatic heterocycles. The molecule has 0 radical (unpaired) electrons. The van der Waals surface area contributed by atoms with E-state index in [4.69, 9.17) is 0 Å². The smallest absolute Gasteiger partial charge is 0.0348 e. The average molecular weight is 401 g/mol. The fourth-order valence-electron chi connectivity index (χ4n) is 4.36. The summed E-state index contributed by atoms with van der Waals surface area (Å²) in [5, 5.41) is 0. The average Bonchev–Trinajstić information content (AvgIpc) is 2.73. The van der Waals surface area contributed by atoms with Crippen LogP contribution in [0.1, 0.15) is 148 Å². The topological polar surface area (TPSA) is 0 Å². The molecular weight excluding hydrogens is 348 g/mol. The molecule has 0 spiro atoms. The maximum atomic E-state index is 2.33. The van der Waals surface area contributed by atoms with Gasteiger partial charge >= 0.3 is 0 Å². The lowest BCUT2D eigenvalue weighted by Crippen LogP contribution is -1.84. The van der Waals surface area contributed by atoms with Crippen molar-refractivity contribution >= 4 is 0 Å². The minimum absolute atomic E-state index is 1.24. The van der Waals surface area contributed by atoms with Gasteiger partial charge in [0.05, 0.1) is 0 Å². The second-order valence-electron chi connectivity index (χ2n) is 9.24. The van der Waals surface area contributed by atoms with E-state index in [0.717, 1.165) is 0 Å². The van der Waals surface area contributed by atoms with Crippen LogP contribution < -0.4 is 0 Å². The van der Waals surface area contributed by atoms with Crippen LogP contribution in [0, 0.1) is 0 Å². The predicted molar refractivity (Wildman–Crippen MR) is 134 cm³/mol. The van der Waals surface area contributed by atoms with Crippen LogP contribution in [-0.2, 0) is 0 Å². The molecule has 1 rings (SSSR count). The van der Waals surface area contributed by atoms with Gasteiger partial charge in [-0.15, -0.1) is 0 Å². The molecule has 1 aliphatic rings. The lowest BCUT2D eigenvalue weighted by atomic mass is 10.0. The first-order chi connectivity index (χ1) is 14.5. The molecule has 0 unspecified atom stereocenters. The van der Waals surface area contributed by atoms with Gasteiger partial charge in [-0.05, 0) is 25.7 Å². The van der Waals surface area contributed by atoms with Crippen molar-refractivity contribution in [2.75, 3.05) is 0 Å². The molecule has 1 aliphatic carbocycles. The van der Waals surface area contributed by atoms with Crippen LogP contribution in [-0.4, -0.2) is 0 Å². The molecule has 0 saturated heterocycles. The highest BCUT2D eigenvalue weighted by molar-refractivity contribution is 5.10. The van der Waals surface area contributed by atoms with Crippen LogP contribution >= 0.6 is 0 Å². The van der Waals surface area contributed by atoms with Gasteiger partial charge in [-0.25, -0.2) is 0 Å². The Kier molecular flexibility index (Phi) is 21.3. The molecule has 0 heterocycles. The normalized spacial score (nSPS) is 24.6. The Morgan fingerprint density at radius 3 is 0.655 bits per heavy atom. The van der Waals surface area contributed by atoms with Gasteiger partial charge in [-0.1, -0.05) is 158 Å². The van der Waals surface area contributed by atoms with Crippen LogP contribution in [0.3, 0.4) is 0 Å². The summed E-state index contributed by atoms with van der Waals surface area (Å²) in [5.41, 5.74) is 0. The molecule has 0 aromatic carbocycles. The fraction of sp³-hybridized carbons (Fsp3) is 0.793. The third kappa shape index (κ3) is 21.7. The zero-order valence-electron chi connectivity index (χ0n) is 19.7. The third-order valence-electron chi connectivity index (χ3n) is 6.35. The van der Waals surface area contributed by atoms with Crippen LogP contribution in [0.2, 0.25) is 0 Å². The van der Waals surface area contributed by atoms with Crippen LogP contribution in [0.5, 0.6) is 0 Å². The first-order valence-corrected chi connectivity index (χ1v) is 13.5. The minimum atomic E-state index is 1.24. The fourth-order valence-corrected chi connectivity index (χ4v) is 4.36. The van der Waals surface area contributed by atoms with E-state index in [0.29, 0.717) is 0 Å². The van der Waals surface area contributed by atoms with Crippen molar-refractivity contribution in [1.29, 1.82) is 0 Å². The quantitative estimate of drug-likeness (QED) is 0.379. The molecule has 29 heavy (non-hydrogen) atoms. The van der Waals surface area contributed by atoms with Crippen molar-refractivity contribution in [3.63, 3.8) is 0 Å². The van der Waals surface area contributed by atoms with Gasteiger partial charge in [0, 0.05) is 0 Å². The molecule has 0 heteroatoms. The SMILES string of the molecule is C1=CCCCCCCCCCCCCCCCCCCCCCCC/C=C\C=C/1. The van der Waals surface area contributed by atoms with E-state index in [-0.39, 0.29) is 0 Å². The zero-order valence-corrected chi connectivity index (χ0v) is 19.7. The van der Waals surface area contributed by atoms with E-state index in [9.17, 15) is 0 Å². The Morgan fingerprint density at radius 2 is 0.414 bits per heavy atom. The van der Waals surface area contributed by atoms with Gasteiger partial charge in [-0.2, -0.15) is 0 Å². The maximum absolute atomic E-state index is 2.33. The maximum Gasteiger partial charge on any atom is -0.0348 e. The van der Waals surface area contributed by atoms with Gasteiger partial charge < -0.3 is 0 Å². The molecule has 168 valence electrons. The largest absolute Gasteiger partial charge is 0.0845 e. The predicted octanol–water partition coefficient (Wildman–Crippen LogP) is 10.6. The molecule has 0 fully saturated rings. The van der Waals surface area contributed by atoms with E-state index >= 15 is 0 Å². The summed E-state index contributed by atoms with van der Waals surface area (Å²) < 4.78 is 0. The third-order valence-corrected chi connectivity index (χ3v) is 6.35. The van der Waals surface area contributed by atoms with Crippen LogP contribution in [0.15, 0.2) is 36.5 Å². The van der Waals surface area contributed by atoms with Gasteiger partial charge in [0.25, 0.3) is 0 Å². The molecule has 0 saturated carbocycles. The summed E-state index contributed by atoms with van der Waals surface area (Å²) in [6.45, 7) is 0. The highest BCUT2D eigenvalue weighted by Gasteiger charge is 1.95. The first kappa shape index (κ1) is 26.3. The van der Waals surface area contributed by atoms with E-state index in [2.05, 4.69) is 36.5 Å². The van der Waals surface area contributed by atoms with Crippen molar-refractivity contribution in [2.24, 2.45) is 0 Å². The van der Waals surface area contributed by atoms with Crippen molar-refractivity contribution in [1.82, 2.24) is 0 Å². The van der Waals surface area contributed by atoms with Crippen LogP contribution in [0.25, 0.3) is 0 Å². The highest BCUT2D eigenvalue weighted by atomic mass is 14.0. The first-order valence-electron chi connectivity index (χ1n) is 13.5. The monoisotopic (exact) mass is 400 g/mol. The Balaban J connectivity index is 2.12. The molecule has 0 bridgehead atoms. The molecule has 0 aromatic rings. The summed E-state index contributed by atoms with van der Waals surface area (Å²) in [5.74, 6) is 0. The van der Waals surface area contributed by atoms with Crippen molar-refractivity contribution in [3.05, 3.63) is 36.5 Å². The Labute approximate surface area is 184 Å². The van der Waals surface area contributed by atoms with Crippen molar-refractivity contribution < 1.29 is 0 Å². The molecule has 0 nitrogen and oxygen atoms in total. The number of rotatable bonds is 0. The summed E-state index contributed by atoms with van der Waals surface area (Å²) >= 11 is 0. The molecule has 0 atom stereocenters. The van der Waals surface area contributed by atoms with Crippen LogP contribution in [0.4, 0.5) is 0 Å². The highest BCUT2D eigenvalue weighted by Crippen LogP contribution is 2.15. The number of allylic oxidation sites excluding steroid dienone is 6. The van der Waals surface area contributed by atoms with Gasteiger partial charge in [0.15, 0.2) is 0 Å². The lowest BCUT2D eigenvalue weighted by Gasteiger charge is -2.04. The van der Waals surface area contributed by atoms with E-state index in [1.54, 1.807) is 0 Å². The molecule has 0 aromatic heterocycles. The molecule has 0 N–H and O–H groups in total. The second-order valence-corrected chi connectivity index (χ2v) is 9.24. The zero-order chi connectivity index (χ0) is 20.5. The Bertz CT molecular complexity index is 351. The summed E-state index contributed by atoms with van der Waals surface area (Å²) in [6, 6.07) is 0. The van der Waals surface area contributed by atoms with Crippen molar-refractivity contribution in [2.45, 2.75) is 148 Å². The van der Waals surface area contributed by atoms with E-state index in [1.807, 2.05) is 0 Å². The van der Waals surface area contributed by atoms with Gasteiger partial charge in [0.2, 0.25) is 0 Å². The summed E-state index contributed by atoms with van der Waals surface area (Å²) in [6.07, 6.45) is 46.5. The minimum Gasteiger partial charge on any atom is -0.0845 e. The lowest BCUT2D eigenvalue weighted by molar-refractivity contribution is 0.520. The Hall–Kier alpha value is -0.780. The van der Waals surface area contributed by atoms with E-state index < -0.39 is 0 Å². The molecular formula is C29H52. The number of hydrogen-bond acceptors (Lipinski definition) is 0. The van der Waals surface area contributed by atoms with Gasteiger partial charge in [-0.3, -0.25) is 0 Å². The summed E-state index contributed by atoms with van der Waals surface area (Å²) in [4.78, 5) is 0. The van der Waals surface area contributed by atoms with Gasteiger partial charge in [0.1, 0.15) is 0 Å². The number of hydrogen-bond donors (Lipinski definition) is 0. The summed E-state index contributed by atoms with van der Waals surface area (Å²) in [7, 11) is 0. The second kappa shape index (κ2) is 23.5. The van der Waals surface area contributed by atoms with E-state index in [1.165, 1.54) is 148 Å². The van der Waals surface area contributed by atoms with Crippen molar-refractivity contribution in [3.8, 4) is 0 Å².